The van der Waals surface area contributed by atoms with Gasteiger partial charge in [-0.25, -0.2) is 0 Å². The molecule has 0 bridgehead atoms. The van der Waals surface area contributed by atoms with Crippen LogP contribution in [-0.4, -0.2) is 73.0 Å². The van der Waals surface area contributed by atoms with Crippen LogP contribution >= 0.6 is 0 Å². The van der Waals surface area contributed by atoms with E-state index in [4.69, 9.17) is 0 Å². The molecule has 1 amide bonds. The number of nitrogens with zero attached hydrogens (tertiary/aromatic N) is 3. The highest BCUT2D eigenvalue weighted by Gasteiger charge is 2.32. The molecule has 106 valence electrons. The van der Waals surface area contributed by atoms with E-state index in [0.29, 0.717) is 17.9 Å². The first kappa shape index (κ1) is 15.4. The van der Waals surface area contributed by atoms with Gasteiger partial charge in [-0.3, -0.25) is 9.69 Å². The number of carbonyl (C=O) groups excluding carboxylic acids is 1. The number of amides is 1. The van der Waals surface area contributed by atoms with Crippen molar-refractivity contribution in [2.45, 2.75) is 39.8 Å². The molecule has 1 heterocycles. The van der Waals surface area contributed by atoms with Crippen LogP contribution in [-0.2, 0) is 4.79 Å². The van der Waals surface area contributed by atoms with Crippen LogP contribution in [0.5, 0.6) is 0 Å². The van der Waals surface area contributed by atoms with E-state index in [1.807, 2.05) is 4.90 Å². The third-order valence-corrected chi connectivity index (χ3v) is 3.95. The normalized spacial score (nSPS) is 19.9. The summed E-state index contributed by atoms with van der Waals surface area (Å²) in [5, 5.41) is 0. The van der Waals surface area contributed by atoms with E-state index in [-0.39, 0.29) is 6.04 Å². The van der Waals surface area contributed by atoms with Gasteiger partial charge in [0.15, 0.2) is 0 Å². The molecule has 0 saturated carbocycles. The lowest BCUT2D eigenvalue weighted by molar-refractivity contribution is -0.140. The molecule has 1 saturated heterocycles. The number of rotatable bonds is 4. The standard InChI is InChI=1S/C14H29N3O/c1-11(2)13(16(6)12(3)4)14(18)17-9-7-15(5)8-10-17/h11-13H,7-10H2,1-6H3. The fraction of sp³-hybridized carbons (Fsp3) is 0.929. The quantitative estimate of drug-likeness (QED) is 0.753. The van der Waals surface area contributed by atoms with Crippen LogP contribution in [0.4, 0.5) is 0 Å². The van der Waals surface area contributed by atoms with Crippen LogP contribution in [0.2, 0.25) is 0 Å². The lowest BCUT2D eigenvalue weighted by Gasteiger charge is -2.39. The van der Waals surface area contributed by atoms with E-state index in [1.54, 1.807) is 0 Å². The highest BCUT2D eigenvalue weighted by atomic mass is 16.2. The molecule has 0 spiro atoms. The number of likely N-dealkylation sites (N-methyl/N-ethyl adjacent to an activating group) is 2. The van der Waals surface area contributed by atoms with Crippen LogP contribution in [0.3, 0.4) is 0 Å². The van der Waals surface area contributed by atoms with Crippen LogP contribution < -0.4 is 0 Å². The Kier molecular flexibility index (Phi) is 5.60. The summed E-state index contributed by atoms with van der Waals surface area (Å²) in [6.45, 7) is 12.3. The zero-order valence-corrected chi connectivity index (χ0v) is 12.8. The summed E-state index contributed by atoms with van der Waals surface area (Å²) in [6.07, 6.45) is 0. The zero-order chi connectivity index (χ0) is 13.9. The van der Waals surface area contributed by atoms with Gasteiger partial charge in [0.1, 0.15) is 0 Å². The third kappa shape index (κ3) is 3.69. The van der Waals surface area contributed by atoms with Gasteiger partial charge in [-0.05, 0) is 33.9 Å². The van der Waals surface area contributed by atoms with Gasteiger partial charge in [-0.15, -0.1) is 0 Å². The second-order valence-corrected chi connectivity index (χ2v) is 6.08. The summed E-state index contributed by atoms with van der Waals surface area (Å²) < 4.78 is 0. The van der Waals surface area contributed by atoms with Crippen molar-refractivity contribution in [1.82, 2.24) is 14.7 Å². The second-order valence-electron chi connectivity index (χ2n) is 6.08. The van der Waals surface area contributed by atoms with E-state index < -0.39 is 0 Å². The Morgan fingerprint density at radius 1 is 1.06 bits per heavy atom. The summed E-state index contributed by atoms with van der Waals surface area (Å²) >= 11 is 0. The van der Waals surface area contributed by atoms with E-state index in [9.17, 15) is 4.79 Å². The molecule has 4 nitrogen and oxygen atoms in total. The molecule has 1 rings (SSSR count). The lowest BCUT2D eigenvalue weighted by Crippen LogP contribution is -2.56. The Morgan fingerprint density at radius 2 is 1.56 bits per heavy atom. The maximum absolute atomic E-state index is 12.7. The number of hydrogen-bond donors (Lipinski definition) is 0. The Hall–Kier alpha value is -0.610. The first-order valence-corrected chi connectivity index (χ1v) is 7.03. The minimum Gasteiger partial charge on any atom is -0.339 e. The molecular weight excluding hydrogens is 226 g/mol. The van der Waals surface area contributed by atoms with Crippen LogP contribution in [0, 0.1) is 5.92 Å². The van der Waals surface area contributed by atoms with E-state index in [1.165, 1.54) is 0 Å². The highest BCUT2D eigenvalue weighted by molar-refractivity contribution is 5.82. The third-order valence-electron chi connectivity index (χ3n) is 3.95. The molecule has 4 heteroatoms. The van der Waals surface area contributed by atoms with Crippen molar-refractivity contribution in [1.29, 1.82) is 0 Å². The summed E-state index contributed by atoms with van der Waals surface area (Å²) in [5.74, 6) is 0.652. The zero-order valence-electron chi connectivity index (χ0n) is 12.8. The first-order valence-electron chi connectivity index (χ1n) is 7.03. The topological polar surface area (TPSA) is 26.8 Å². The van der Waals surface area contributed by atoms with Crippen molar-refractivity contribution >= 4 is 5.91 Å². The predicted octanol–water partition coefficient (Wildman–Crippen LogP) is 1.13. The van der Waals surface area contributed by atoms with Gasteiger partial charge in [0.2, 0.25) is 5.91 Å². The molecule has 1 aliphatic heterocycles. The Morgan fingerprint density at radius 3 is 1.94 bits per heavy atom. The van der Waals surface area contributed by atoms with E-state index in [0.717, 1.165) is 26.2 Å². The molecule has 18 heavy (non-hydrogen) atoms. The predicted molar refractivity (Wildman–Crippen MR) is 75.6 cm³/mol. The molecule has 1 atom stereocenters. The van der Waals surface area contributed by atoms with Crippen molar-refractivity contribution in [3.8, 4) is 0 Å². The molecular formula is C14H29N3O. The lowest BCUT2D eigenvalue weighted by atomic mass is 9.99. The van der Waals surface area contributed by atoms with Crippen molar-refractivity contribution < 1.29 is 4.79 Å². The van der Waals surface area contributed by atoms with E-state index in [2.05, 4.69) is 51.6 Å². The molecule has 1 aliphatic rings. The largest absolute Gasteiger partial charge is 0.339 e. The SMILES string of the molecule is CC(C)C(C(=O)N1CCN(C)CC1)N(C)C(C)C. The van der Waals surface area contributed by atoms with Crippen LogP contribution in [0.1, 0.15) is 27.7 Å². The van der Waals surface area contributed by atoms with Gasteiger partial charge >= 0.3 is 0 Å². The van der Waals surface area contributed by atoms with Gasteiger partial charge < -0.3 is 9.80 Å². The molecule has 0 aromatic heterocycles. The fourth-order valence-electron chi connectivity index (χ4n) is 2.46. The van der Waals surface area contributed by atoms with Crippen molar-refractivity contribution in [2.24, 2.45) is 5.92 Å². The number of carbonyl (C=O) groups is 1. The van der Waals surface area contributed by atoms with Gasteiger partial charge in [-0.1, -0.05) is 13.8 Å². The smallest absolute Gasteiger partial charge is 0.240 e. The maximum atomic E-state index is 12.7. The summed E-state index contributed by atoms with van der Waals surface area (Å²) in [7, 11) is 4.17. The summed E-state index contributed by atoms with van der Waals surface area (Å²) in [5.41, 5.74) is 0. The average Bonchev–Trinajstić information content (AvgIpc) is 2.29. The summed E-state index contributed by atoms with van der Waals surface area (Å²) in [6, 6.07) is 0.405. The Labute approximate surface area is 112 Å². The molecule has 0 radical (unpaired) electrons. The van der Waals surface area contributed by atoms with Crippen LogP contribution in [0.15, 0.2) is 0 Å². The maximum Gasteiger partial charge on any atom is 0.240 e. The van der Waals surface area contributed by atoms with Gasteiger partial charge in [0, 0.05) is 32.2 Å². The Balaban J connectivity index is 2.71. The fourth-order valence-corrected chi connectivity index (χ4v) is 2.46. The van der Waals surface area contributed by atoms with Crippen LogP contribution in [0.25, 0.3) is 0 Å². The monoisotopic (exact) mass is 255 g/mol. The molecule has 0 aliphatic carbocycles. The molecule has 0 N–H and O–H groups in total. The molecule has 1 unspecified atom stereocenters. The summed E-state index contributed by atoms with van der Waals surface area (Å²) in [4.78, 5) is 19.2. The first-order chi connectivity index (χ1) is 8.34. The number of hydrogen-bond acceptors (Lipinski definition) is 3. The number of piperazine rings is 1. The Bertz CT molecular complexity index is 270. The minimum atomic E-state index is 0.00778. The van der Waals surface area contributed by atoms with Gasteiger partial charge in [-0.2, -0.15) is 0 Å². The highest BCUT2D eigenvalue weighted by Crippen LogP contribution is 2.16. The second kappa shape index (κ2) is 6.53. The van der Waals surface area contributed by atoms with Gasteiger partial charge in [0.25, 0.3) is 0 Å². The average molecular weight is 255 g/mol. The molecule has 0 aromatic carbocycles. The van der Waals surface area contributed by atoms with Crippen molar-refractivity contribution in [3.05, 3.63) is 0 Å². The minimum absolute atomic E-state index is 0.00778. The molecule has 0 aromatic rings. The van der Waals surface area contributed by atoms with E-state index >= 15 is 0 Å². The van der Waals surface area contributed by atoms with Crippen molar-refractivity contribution in [2.75, 3.05) is 40.3 Å². The van der Waals surface area contributed by atoms with Crippen molar-refractivity contribution in [3.63, 3.8) is 0 Å². The molecule has 1 fully saturated rings. The van der Waals surface area contributed by atoms with Gasteiger partial charge in [0.05, 0.1) is 6.04 Å².